The number of hydrogen-bond donors (Lipinski definition) is 0. The highest BCUT2D eigenvalue weighted by molar-refractivity contribution is 5.96. The van der Waals surface area contributed by atoms with Gasteiger partial charge in [-0.2, -0.15) is 19.0 Å². The molecule has 37 heavy (non-hydrogen) atoms. The summed E-state index contributed by atoms with van der Waals surface area (Å²) < 4.78 is 83.0. The Kier molecular flexibility index (Phi) is 5.88. The van der Waals surface area contributed by atoms with Crippen molar-refractivity contribution in [1.29, 1.82) is 0 Å². The number of aromatic nitrogens is 5. The fourth-order valence-corrected chi connectivity index (χ4v) is 4.14. The predicted octanol–water partition coefficient (Wildman–Crippen LogP) is 4.99. The minimum atomic E-state index is -4.86. The van der Waals surface area contributed by atoms with E-state index < -0.39 is 30.4 Å². The molecule has 1 aliphatic rings. The van der Waals surface area contributed by atoms with Gasteiger partial charge in [0.15, 0.2) is 11.5 Å². The SMILES string of the molecule is C=C(F)C(=O)N1CC(c2nn(-c3ccc(OC(F)(F)F)cc3)c3nccc(-c4cnn(C(F)F)c4)c23)C1. The van der Waals surface area contributed by atoms with E-state index in [9.17, 15) is 31.1 Å². The van der Waals surface area contributed by atoms with Gasteiger partial charge in [0.2, 0.25) is 0 Å². The Morgan fingerprint density at radius 3 is 2.43 bits per heavy atom. The molecule has 4 aromatic rings. The molecule has 4 heterocycles. The number of benzene rings is 1. The fraction of sp³-hybridized carbons (Fsp3) is 0.217. The maximum Gasteiger partial charge on any atom is 0.573 e. The molecule has 14 heteroatoms. The largest absolute Gasteiger partial charge is 0.573 e. The highest BCUT2D eigenvalue weighted by Crippen LogP contribution is 2.38. The van der Waals surface area contributed by atoms with Gasteiger partial charge in [-0.3, -0.25) is 4.79 Å². The number of carbonyl (C=O) groups excluding carboxylic acids is 1. The number of pyridine rings is 1. The molecule has 3 aromatic heterocycles. The molecule has 5 rings (SSSR count). The first-order valence-corrected chi connectivity index (χ1v) is 10.7. The van der Waals surface area contributed by atoms with E-state index in [1.54, 1.807) is 6.07 Å². The van der Waals surface area contributed by atoms with Crippen molar-refractivity contribution < 1.29 is 35.9 Å². The number of likely N-dealkylation sites (tertiary alicyclic amines) is 1. The third-order valence-electron chi connectivity index (χ3n) is 5.81. The zero-order valence-corrected chi connectivity index (χ0v) is 18.7. The van der Waals surface area contributed by atoms with Crippen molar-refractivity contribution in [1.82, 2.24) is 29.4 Å². The minimum absolute atomic E-state index is 0.122. The molecule has 0 radical (unpaired) electrons. The second-order valence-corrected chi connectivity index (χ2v) is 8.19. The van der Waals surface area contributed by atoms with Gasteiger partial charge in [0.1, 0.15) is 5.75 Å². The molecule has 0 unspecified atom stereocenters. The molecule has 8 nitrogen and oxygen atoms in total. The number of nitrogens with zero attached hydrogens (tertiary/aromatic N) is 6. The summed E-state index contributed by atoms with van der Waals surface area (Å²) >= 11 is 0. The lowest BCUT2D eigenvalue weighted by molar-refractivity contribution is -0.274. The summed E-state index contributed by atoms with van der Waals surface area (Å²) in [5.74, 6) is -2.73. The van der Waals surface area contributed by atoms with Crippen molar-refractivity contribution in [3.8, 4) is 22.6 Å². The predicted molar refractivity (Wildman–Crippen MR) is 118 cm³/mol. The van der Waals surface area contributed by atoms with E-state index in [1.165, 1.54) is 34.1 Å². The van der Waals surface area contributed by atoms with Gasteiger partial charge in [0.25, 0.3) is 5.91 Å². The van der Waals surface area contributed by atoms with Crippen molar-refractivity contribution in [2.45, 2.75) is 18.8 Å². The van der Waals surface area contributed by atoms with Crippen LogP contribution in [0.15, 0.2) is 61.3 Å². The van der Waals surface area contributed by atoms with Crippen LogP contribution in [0.2, 0.25) is 0 Å². The first-order chi connectivity index (χ1) is 17.5. The lowest BCUT2D eigenvalue weighted by Gasteiger charge is -2.38. The van der Waals surface area contributed by atoms with Gasteiger partial charge < -0.3 is 9.64 Å². The highest BCUT2D eigenvalue weighted by atomic mass is 19.4. The second-order valence-electron chi connectivity index (χ2n) is 8.19. The molecule has 1 amide bonds. The smallest absolute Gasteiger partial charge is 0.406 e. The minimum Gasteiger partial charge on any atom is -0.406 e. The maximum absolute atomic E-state index is 13.3. The van der Waals surface area contributed by atoms with E-state index in [4.69, 9.17) is 0 Å². The van der Waals surface area contributed by atoms with Gasteiger partial charge in [-0.15, -0.1) is 13.2 Å². The number of fused-ring (bicyclic) bond motifs is 1. The normalized spacial score (nSPS) is 14.3. The highest BCUT2D eigenvalue weighted by Gasteiger charge is 2.37. The van der Waals surface area contributed by atoms with Crippen LogP contribution in [-0.2, 0) is 4.79 Å². The first kappa shape index (κ1) is 24.3. The number of amides is 1. The Balaban J connectivity index is 1.60. The lowest BCUT2D eigenvalue weighted by atomic mass is 9.92. The van der Waals surface area contributed by atoms with Crippen LogP contribution in [0, 0.1) is 0 Å². The van der Waals surface area contributed by atoms with Gasteiger partial charge in [-0.25, -0.2) is 18.7 Å². The van der Waals surface area contributed by atoms with Gasteiger partial charge in [0.05, 0.1) is 23.0 Å². The quantitative estimate of drug-likeness (QED) is 0.264. The van der Waals surface area contributed by atoms with Crippen molar-refractivity contribution in [2.24, 2.45) is 0 Å². The molecule has 0 bridgehead atoms. The van der Waals surface area contributed by atoms with E-state index in [2.05, 4.69) is 26.5 Å². The molecule has 0 aliphatic carbocycles. The summed E-state index contributed by atoms with van der Waals surface area (Å²) in [6.45, 7) is 0.398. The van der Waals surface area contributed by atoms with Crippen molar-refractivity contribution in [3.63, 3.8) is 0 Å². The summed E-state index contributed by atoms with van der Waals surface area (Å²) in [6.07, 6.45) is -1.00. The lowest BCUT2D eigenvalue weighted by Crippen LogP contribution is -2.48. The number of carbonyl (C=O) groups is 1. The summed E-state index contributed by atoms with van der Waals surface area (Å²) in [7, 11) is 0. The summed E-state index contributed by atoms with van der Waals surface area (Å²) in [5.41, 5.74) is 1.93. The van der Waals surface area contributed by atoms with Crippen LogP contribution < -0.4 is 4.74 Å². The standard InChI is InChI=1S/C23H16F6N6O2/c1-12(24)21(36)33-9-14(10-33)19-18-17(13-8-31-34(11-13)22(25)26)6-7-30-20(18)35(32-19)15-2-4-16(5-3-15)37-23(27,28)29/h2-8,11,14,22H,1,9-10H2. The Morgan fingerprint density at radius 1 is 1.14 bits per heavy atom. The fourth-order valence-electron chi connectivity index (χ4n) is 4.14. The van der Waals surface area contributed by atoms with Crippen LogP contribution in [0.1, 0.15) is 18.2 Å². The zero-order valence-electron chi connectivity index (χ0n) is 18.7. The molecular weight excluding hydrogens is 506 g/mol. The maximum atomic E-state index is 13.3. The molecule has 1 fully saturated rings. The Morgan fingerprint density at radius 2 is 1.84 bits per heavy atom. The molecule has 0 atom stereocenters. The number of ether oxygens (including phenoxy) is 1. The Labute approximate surface area is 204 Å². The topological polar surface area (TPSA) is 78.1 Å². The van der Waals surface area contributed by atoms with E-state index >= 15 is 0 Å². The third-order valence-corrected chi connectivity index (χ3v) is 5.81. The molecule has 1 saturated heterocycles. The molecule has 1 aliphatic heterocycles. The van der Waals surface area contributed by atoms with Crippen molar-refractivity contribution >= 4 is 16.9 Å². The Bertz CT molecular complexity index is 1490. The first-order valence-electron chi connectivity index (χ1n) is 10.7. The second kappa shape index (κ2) is 8.94. The Hall–Kier alpha value is -4.36. The van der Waals surface area contributed by atoms with Crippen molar-refractivity contribution in [3.05, 3.63) is 67.0 Å². The van der Waals surface area contributed by atoms with Crippen molar-refractivity contribution in [2.75, 3.05) is 13.1 Å². The number of alkyl halides is 5. The monoisotopic (exact) mass is 522 g/mol. The van der Waals surface area contributed by atoms with Gasteiger partial charge in [-0.1, -0.05) is 6.58 Å². The van der Waals surface area contributed by atoms with E-state index in [0.717, 1.165) is 18.3 Å². The number of hydrogen-bond acceptors (Lipinski definition) is 5. The molecule has 0 saturated carbocycles. The van der Waals surface area contributed by atoms with Gasteiger partial charge in [-0.05, 0) is 35.9 Å². The van der Waals surface area contributed by atoms with Crippen LogP contribution in [0.3, 0.4) is 0 Å². The average Bonchev–Trinajstić information content (AvgIpc) is 3.43. The summed E-state index contributed by atoms with van der Waals surface area (Å²) in [4.78, 5) is 17.5. The van der Waals surface area contributed by atoms with Crippen LogP contribution in [0.4, 0.5) is 26.3 Å². The average molecular weight is 522 g/mol. The molecule has 0 spiro atoms. The van der Waals surface area contributed by atoms with Crippen LogP contribution in [0.25, 0.3) is 27.8 Å². The van der Waals surface area contributed by atoms with E-state index in [0.29, 0.717) is 38.2 Å². The number of halogens is 6. The molecular formula is C23H16F6N6O2. The van der Waals surface area contributed by atoms with Gasteiger partial charge >= 0.3 is 12.9 Å². The zero-order chi connectivity index (χ0) is 26.5. The number of rotatable bonds is 6. The van der Waals surface area contributed by atoms with Crippen LogP contribution in [-0.4, -0.2) is 54.8 Å². The van der Waals surface area contributed by atoms with Crippen LogP contribution in [0.5, 0.6) is 5.75 Å². The van der Waals surface area contributed by atoms with Gasteiger partial charge in [0, 0.05) is 37.0 Å². The van der Waals surface area contributed by atoms with Crippen LogP contribution >= 0.6 is 0 Å². The molecule has 192 valence electrons. The molecule has 1 aromatic carbocycles. The molecule has 0 N–H and O–H groups in total. The van der Waals surface area contributed by atoms with E-state index in [-0.39, 0.29) is 19.0 Å². The van der Waals surface area contributed by atoms with E-state index in [1.807, 2.05) is 0 Å². The third kappa shape index (κ3) is 4.61. The summed E-state index contributed by atoms with van der Waals surface area (Å²) in [5, 5.41) is 8.76. The summed E-state index contributed by atoms with van der Waals surface area (Å²) in [6, 6.07) is 6.52.